The fourth-order valence-electron chi connectivity index (χ4n) is 6.64. The molecule has 0 N–H and O–H groups in total. The summed E-state index contributed by atoms with van der Waals surface area (Å²) in [6.07, 6.45) is 39.9. The molecule has 49 heavy (non-hydrogen) atoms. The predicted molar refractivity (Wildman–Crippen MR) is 214 cm³/mol. The Balaban J connectivity index is 3.81. The maximum absolute atomic E-state index is 12.0. The van der Waals surface area contributed by atoms with E-state index in [1.807, 2.05) is 0 Å². The molecule has 0 amide bonds. The number of ether oxygens (including phenoxy) is 3. The Morgan fingerprint density at radius 1 is 0.429 bits per heavy atom. The quantitative estimate of drug-likeness (QED) is 0.0361. The highest BCUT2D eigenvalue weighted by Gasteiger charge is 2.10. The molecule has 0 radical (unpaired) electrons. The van der Waals surface area contributed by atoms with Gasteiger partial charge in [-0.05, 0) is 71.0 Å². The van der Waals surface area contributed by atoms with Gasteiger partial charge in [-0.25, -0.2) is 0 Å². The van der Waals surface area contributed by atoms with Gasteiger partial charge < -0.3 is 19.1 Å². The lowest BCUT2D eigenvalue weighted by molar-refractivity contribution is -0.148. The van der Waals surface area contributed by atoms with Crippen molar-refractivity contribution in [2.75, 3.05) is 39.5 Å². The van der Waals surface area contributed by atoms with Crippen LogP contribution in [0.4, 0.5) is 0 Å². The molecule has 294 valence electrons. The summed E-state index contributed by atoms with van der Waals surface area (Å²) in [5.74, 6) is 0.00738. The number of hydrogen-bond acceptors (Lipinski definition) is 5. The second kappa shape index (κ2) is 41.8. The van der Waals surface area contributed by atoms with Crippen molar-refractivity contribution in [2.24, 2.45) is 0 Å². The van der Waals surface area contributed by atoms with Crippen molar-refractivity contribution in [3.05, 3.63) is 0 Å². The second-order valence-electron chi connectivity index (χ2n) is 14.9. The van der Waals surface area contributed by atoms with Gasteiger partial charge in [0.15, 0.2) is 6.29 Å². The van der Waals surface area contributed by atoms with Gasteiger partial charge in [0, 0.05) is 19.6 Å². The Hall–Kier alpha value is -0.650. The molecule has 0 aliphatic rings. The number of rotatable bonds is 42. The van der Waals surface area contributed by atoms with Gasteiger partial charge in [-0.15, -0.1) is 0 Å². The molecule has 0 aliphatic heterocycles. The number of hydrogen-bond donors (Lipinski definition) is 0. The summed E-state index contributed by atoms with van der Waals surface area (Å²) in [4.78, 5) is 14.6. The molecular formula is C44H89NO4. The van der Waals surface area contributed by atoms with E-state index in [2.05, 4.69) is 32.6 Å². The van der Waals surface area contributed by atoms with E-state index in [-0.39, 0.29) is 12.3 Å². The van der Waals surface area contributed by atoms with Crippen LogP contribution in [-0.2, 0) is 19.0 Å². The third-order valence-corrected chi connectivity index (χ3v) is 10.1. The average Bonchev–Trinajstić information content (AvgIpc) is 3.11. The first-order chi connectivity index (χ1) is 24.2. The minimum atomic E-state index is 0.00504. The number of carbonyl (C=O) groups excluding carboxylic acids is 1. The highest BCUT2D eigenvalue weighted by Crippen LogP contribution is 2.15. The Kier molecular flexibility index (Phi) is 41.2. The molecule has 0 heterocycles. The van der Waals surface area contributed by atoms with Crippen LogP contribution in [0.3, 0.4) is 0 Å². The van der Waals surface area contributed by atoms with Crippen LogP contribution in [0.25, 0.3) is 0 Å². The highest BCUT2D eigenvalue weighted by atomic mass is 16.7. The molecule has 0 atom stereocenters. The molecular weight excluding hydrogens is 606 g/mol. The van der Waals surface area contributed by atoms with E-state index in [1.54, 1.807) is 0 Å². The van der Waals surface area contributed by atoms with Gasteiger partial charge in [0.1, 0.15) is 0 Å². The zero-order valence-electron chi connectivity index (χ0n) is 34.0. The fraction of sp³-hybridized carbons (Fsp3) is 0.977. The monoisotopic (exact) mass is 696 g/mol. The van der Waals surface area contributed by atoms with E-state index in [4.69, 9.17) is 14.2 Å². The topological polar surface area (TPSA) is 48.0 Å². The normalized spacial score (nSPS) is 11.7. The molecule has 0 aliphatic carbocycles. The van der Waals surface area contributed by atoms with Crippen molar-refractivity contribution in [2.45, 2.75) is 239 Å². The fourth-order valence-corrected chi connectivity index (χ4v) is 6.64. The summed E-state index contributed by atoms with van der Waals surface area (Å²) < 4.78 is 17.9. The Bertz CT molecular complexity index is 612. The van der Waals surface area contributed by atoms with Crippen molar-refractivity contribution >= 4 is 5.97 Å². The maximum Gasteiger partial charge on any atom is 0.305 e. The molecule has 0 aromatic rings. The van der Waals surface area contributed by atoms with E-state index in [1.165, 1.54) is 186 Å². The number of esters is 1. The summed E-state index contributed by atoms with van der Waals surface area (Å²) in [6, 6.07) is 0. The molecule has 0 spiro atoms. The Morgan fingerprint density at radius 2 is 0.796 bits per heavy atom. The second-order valence-corrected chi connectivity index (χ2v) is 14.9. The van der Waals surface area contributed by atoms with E-state index >= 15 is 0 Å². The molecule has 0 aromatic carbocycles. The predicted octanol–water partition coefficient (Wildman–Crippen LogP) is 13.8. The number of nitrogens with zero attached hydrogens (tertiary/aromatic N) is 1. The van der Waals surface area contributed by atoms with E-state index in [9.17, 15) is 4.79 Å². The van der Waals surface area contributed by atoms with Gasteiger partial charge in [-0.3, -0.25) is 4.79 Å². The summed E-state index contributed by atoms with van der Waals surface area (Å²) in [5, 5.41) is 0. The SMILES string of the molecule is CCCCCCCCCOC(=O)CCCCCCCN(CC)CCCCCCCCC(OCCCCCCCC)OCCCCCCCC. The number of carbonyl (C=O) groups is 1. The zero-order chi connectivity index (χ0) is 35.7. The van der Waals surface area contributed by atoms with Crippen LogP contribution in [0.1, 0.15) is 233 Å². The maximum atomic E-state index is 12.0. The van der Waals surface area contributed by atoms with Gasteiger partial charge in [-0.1, -0.05) is 175 Å². The van der Waals surface area contributed by atoms with E-state index in [0.717, 1.165) is 45.4 Å². The van der Waals surface area contributed by atoms with Gasteiger partial charge in [0.05, 0.1) is 6.61 Å². The number of unbranched alkanes of at least 4 members (excludes halogenated alkanes) is 25. The smallest absolute Gasteiger partial charge is 0.305 e. The summed E-state index contributed by atoms with van der Waals surface area (Å²) in [5.41, 5.74) is 0. The van der Waals surface area contributed by atoms with Crippen LogP contribution in [-0.4, -0.2) is 56.6 Å². The average molecular weight is 696 g/mol. The molecule has 0 saturated carbocycles. The molecule has 0 unspecified atom stereocenters. The Morgan fingerprint density at radius 3 is 1.24 bits per heavy atom. The van der Waals surface area contributed by atoms with Gasteiger partial charge in [-0.2, -0.15) is 0 Å². The largest absolute Gasteiger partial charge is 0.466 e. The van der Waals surface area contributed by atoms with Crippen molar-refractivity contribution in [1.29, 1.82) is 0 Å². The summed E-state index contributed by atoms with van der Waals surface area (Å²) in [6.45, 7) is 15.1. The van der Waals surface area contributed by atoms with Crippen LogP contribution < -0.4 is 0 Å². The first kappa shape index (κ1) is 48.3. The summed E-state index contributed by atoms with van der Waals surface area (Å²) >= 11 is 0. The molecule has 5 heteroatoms. The first-order valence-corrected chi connectivity index (χ1v) is 22.3. The van der Waals surface area contributed by atoms with Crippen LogP contribution in [0, 0.1) is 0 Å². The van der Waals surface area contributed by atoms with Crippen molar-refractivity contribution < 1.29 is 19.0 Å². The minimum Gasteiger partial charge on any atom is -0.466 e. The van der Waals surface area contributed by atoms with Gasteiger partial charge in [0.25, 0.3) is 0 Å². The molecule has 0 bridgehead atoms. The lowest BCUT2D eigenvalue weighted by atomic mass is 10.1. The molecule has 0 fully saturated rings. The van der Waals surface area contributed by atoms with Crippen molar-refractivity contribution in [1.82, 2.24) is 4.90 Å². The Labute approximate surface area is 308 Å². The third kappa shape index (κ3) is 38.4. The van der Waals surface area contributed by atoms with E-state index in [0.29, 0.717) is 13.0 Å². The van der Waals surface area contributed by atoms with Crippen LogP contribution >= 0.6 is 0 Å². The lowest BCUT2D eigenvalue weighted by Gasteiger charge is -2.20. The molecule has 0 aromatic heterocycles. The molecule has 5 nitrogen and oxygen atoms in total. The van der Waals surface area contributed by atoms with Crippen LogP contribution in [0.2, 0.25) is 0 Å². The van der Waals surface area contributed by atoms with Gasteiger partial charge in [0.2, 0.25) is 0 Å². The third-order valence-electron chi connectivity index (χ3n) is 10.1. The van der Waals surface area contributed by atoms with Gasteiger partial charge >= 0.3 is 5.97 Å². The van der Waals surface area contributed by atoms with E-state index < -0.39 is 0 Å². The highest BCUT2D eigenvalue weighted by molar-refractivity contribution is 5.69. The zero-order valence-corrected chi connectivity index (χ0v) is 34.0. The van der Waals surface area contributed by atoms with Crippen LogP contribution in [0.5, 0.6) is 0 Å². The molecule has 0 saturated heterocycles. The summed E-state index contributed by atoms with van der Waals surface area (Å²) in [7, 11) is 0. The lowest BCUT2D eigenvalue weighted by Crippen LogP contribution is -2.25. The first-order valence-electron chi connectivity index (χ1n) is 22.3. The minimum absolute atomic E-state index is 0.00504. The molecule has 0 rings (SSSR count). The van der Waals surface area contributed by atoms with Crippen LogP contribution in [0.15, 0.2) is 0 Å². The standard InChI is InChI=1S/C44H89NO4/c1-5-9-12-15-20-28-33-40-47-43(46)36-29-22-21-25-32-39-45(8-4)38-31-24-19-18-23-30-37-44(48-41-34-26-16-13-10-6-2)49-42-35-27-17-14-11-7-3/h44H,5-42H2,1-4H3. The van der Waals surface area contributed by atoms with Crippen molar-refractivity contribution in [3.8, 4) is 0 Å². The van der Waals surface area contributed by atoms with Crippen molar-refractivity contribution in [3.63, 3.8) is 0 Å².